The van der Waals surface area contributed by atoms with Gasteiger partial charge in [-0.15, -0.1) is 0 Å². The first-order chi connectivity index (χ1) is 14.3. The lowest BCUT2D eigenvalue weighted by Crippen LogP contribution is -2.76. The summed E-state index contributed by atoms with van der Waals surface area (Å²) in [5, 5.41) is 0. The maximum atomic E-state index is 12.2. The molecule has 7 nitrogen and oxygen atoms in total. The Balaban J connectivity index is 1.46. The van der Waals surface area contributed by atoms with Crippen molar-refractivity contribution < 1.29 is 33.2 Å². The zero-order valence-corrected chi connectivity index (χ0v) is 18.4. The van der Waals surface area contributed by atoms with Gasteiger partial charge in [0.05, 0.1) is 30.8 Å². The van der Waals surface area contributed by atoms with Crippen LogP contribution in [0.15, 0.2) is 0 Å². The van der Waals surface area contributed by atoms with Crippen molar-refractivity contribution in [2.75, 3.05) is 20.3 Å². The quantitative estimate of drug-likeness (QED) is 0.511. The second-order valence-electron chi connectivity index (χ2n) is 10.8. The molecule has 5 heterocycles. The molecule has 2 aliphatic carbocycles. The summed E-state index contributed by atoms with van der Waals surface area (Å²) in [5.74, 6) is 0.792. The van der Waals surface area contributed by atoms with Crippen LogP contribution in [0.4, 0.5) is 0 Å². The number of ether oxygens (including phenoxy) is 6. The first kappa shape index (κ1) is 19.9. The zero-order valence-electron chi connectivity index (χ0n) is 18.4. The van der Waals surface area contributed by atoms with E-state index in [1.165, 1.54) is 6.92 Å². The van der Waals surface area contributed by atoms with Gasteiger partial charge < -0.3 is 28.4 Å². The van der Waals surface area contributed by atoms with Gasteiger partial charge in [0.1, 0.15) is 11.7 Å². The fourth-order valence-electron chi connectivity index (χ4n) is 8.20. The van der Waals surface area contributed by atoms with Gasteiger partial charge in [0.15, 0.2) is 12.6 Å². The van der Waals surface area contributed by atoms with E-state index < -0.39 is 11.7 Å². The molecule has 11 atom stereocenters. The molecule has 168 valence electrons. The van der Waals surface area contributed by atoms with Crippen LogP contribution in [-0.2, 0) is 33.2 Å². The van der Waals surface area contributed by atoms with Gasteiger partial charge in [-0.2, -0.15) is 0 Å². The van der Waals surface area contributed by atoms with Crippen molar-refractivity contribution in [1.82, 2.24) is 0 Å². The average molecular weight is 423 g/mol. The molecule has 0 unspecified atom stereocenters. The Morgan fingerprint density at radius 1 is 1.17 bits per heavy atom. The third kappa shape index (κ3) is 2.31. The number of carbonyl (C=O) groups excluding carboxylic acids is 1. The van der Waals surface area contributed by atoms with Gasteiger partial charge in [-0.05, 0) is 37.5 Å². The van der Waals surface area contributed by atoms with Crippen molar-refractivity contribution in [3.05, 3.63) is 0 Å². The average Bonchev–Trinajstić information content (AvgIpc) is 3.12. The third-order valence-electron chi connectivity index (χ3n) is 9.72. The largest absolute Gasteiger partial charge is 0.462 e. The number of rotatable bonds is 3. The SMILES string of the molecule is CO[C@H]1O[C@@H]2C[C@@H]3[C@@](C)([C@@H]4C[C@H]5CCO[C@H]5O4)[C@H](C)C[C@H](OC(C)=O)[C@]13[C@@]1(CO1)C2. The molecule has 2 saturated carbocycles. The summed E-state index contributed by atoms with van der Waals surface area (Å²) in [6.45, 7) is 7.68. The molecule has 7 rings (SSSR count). The summed E-state index contributed by atoms with van der Waals surface area (Å²) in [4.78, 5) is 12.2. The molecule has 0 radical (unpaired) electrons. The Labute approximate surface area is 178 Å². The van der Waals surface area contributed by atoms with Crippen LogP contribution in [0.1, 0.15) is 52.9 Å². The standard InChI is InChI=1S/C23H34O7/c1-12-7-18(28-13(2)24)23-16(9-15(29-20(23)25-4)10-22(23)11-27-22)21(12,3)17-8-14-5-6-26-19(14)30-17/h12,14-20H,5-11H2,1-4H3/t12-,14-,15-,16-,17+,18+,19+,20+,21+,22+,23+/m1/s1. The summed E-state index contributed by atoms with van der Waals surface area (Å²) >= 11 is 0. The minimum absolute atomic E-state index is 0.0671. The van der Waals surface area contributed by atoms with Crippen molar-refractivity contribution in [2.45, 2.75) is 89.4 Å². The van der Waals surface area contributed by atoms with Crippen LogP contribution in [0.5, 0.6) is 0 Å². The molecule has 7 heteroatoms. The van der Waals surface area contributed by atoms with Gasteiger partial charge in [0.2, 0.25) is 0 Å². The predicted octanol–water partition coefficient (Wildman–Crippen LogP) is 2.65. The van der Waals surface area contributed by atoms with Crippen molar-refractivity contribution >= 4 is 5.97 Å². The number of fused-ring (bicyclic) bond motifs is 2. The van der Waals surface area contributed by atoms with E-state index in [-0.39, 0.29) is 47.5 Å². The lowest BCUT2D eigenvalue weighted by Gasteiger charge is -2.69. The summed E-state index contributed by atoms with van der Waals surface area (Å²) in [7, 11) is 1.71. The maximum absolute atomic E-state index is 12.2. The Morgan fingerprint density at radius 2 is 1.97 bits per heavy atom. The Morgan fingerprint density at radius 3 is 2.63 bits per heavy atom. The molecule has 0 N–H and O–H groups in total. The Kier molecular flexibility index (Phi) is 4.26. The van der Waals surface area contributed by atoms with E-state index in [1.807, 2.05) is 0 Å². The minimum Gasteiger partial charge on any atom is -0.462 e. The van der Waals surface area contributed by atoms with E-state index in [4.69, 9.17) is 28.4 Å². The van der Waals surface area contributed by atoms with E-state index in [2.05, 4.69) is 13.8 Å². The number of epoxide rings is 1. The highest BCUT2D eigenvalue weighted by atomic mass is 16.7. The molecular weight excluding hydrogens is 388 g/mol. The number of hydrogen-bond acceptors (Lipinski definition) is 7. The van der Waals surface area contributed by atoms with Crippen molar-refractivity contribution in [2.24, 2.45) is 28.6 Å². The molecule has 7 fully saturated rings. The number of methoxy groups -OCH3 is 1. The summed E-state index contributed by atoms with van der Waals surface area (Å²) in [6.07, 6.45) is 4.10. The predicted molar refractivity (Wildman–Crippen MR) is 104 cm³/mol. The monoisotopic (exact) mass is 422 g/mol. The molecular formula is C23H34O7. The Hall–Kier alpha value is -0.730. The van der Waals surface area contributed by atoms with Gasteiger partial charge >= 0.3 is 5.97 Å². The van der Waals surface area contributed by atoms with Crippen LogP contribution < -0.4 is 0 Å². The van der Waals surface area contributed by atoms with Crippen molar-refractivity contribution in [3.8, 4) is 0 Å². The van der Waals surface area contributed by atoms with E-state index in [0.717, 1.165) is 38.7 Å². The fraction of sp³-hybridized carbons (Fsp3) is 0.957. The van der Waals surface area contributed by atoms with Gasteiger partial charge in [-0.3, -0.25) is 4.79 Å². The molecule has 2 spiro atoms. The normalized spacial score (nSPS) is 58.5. The van der Waals surface area contributed by atoms with Crippen LogP contribution in [0.3, 0.4) is 0 Å². The second-order valence-corrected chi connectivity index (χ2v) is 10.8. The highest BCUT2D eigenvalue weighted by Gasteiger charge is 2.82. The molecule has 2 bridgehead atoms. The van der Waals surface area contributed by atoms with Gasteiger partial charge in [-0.25, -0.2) is 0 Å². The van der Waals surface area contributed by atoms with Crippen LogP contribution in [0, 0.1) is 28.6 Å². The molecule has 0 aromatic heterocycles. The molecule has 5 aliphatic heterocycles. The fourth-order valence-corrected chi connectivity index (χ4v) is 8.20. The van der Waals surface area contributed by atoms with Crippen LogP contribution >= 0.6 is 0 Å². The molecule has 0 aromatic rings. The number of carbonyl (C=O) groups is 1. The first-order valence-corrected chi connectivity index (χ1v) is 11.6. The molecule has 30 heavy (non-hydrogen) atoms. The highest BCUT2D eigenvalue weighted by Crippen LogP contribution is 2.74. The third-order valence-corrected chi connectivity index (χ3v) is 9.72. The van der Waals surface area contributed by atoms with Gasteiger partial charge in [0.25, 0.3) is 0 Å². The van der Waals surface area contributed by atoms with E-state index >= 15 is 0 Å². The van der Waals surface area contributed by atoms with Gasteiger partial charge in [-0.1, -0.05) is 13.8 Å². The molecule has 7 aliphatic rings. The van der Waals surface area contributed by atoms with Crippen LogP contribution in [0.2, 0.25) is 0 Å². The maximum Gasteiger partial charge on any atom is 0.302 e. The summed E-state index contributed by atoms with van der Waals surface area (Å²) < 4.78 is 37.1. The van der Waals surface area contributed by atoms with Crippen LogP contribution in [-0.4, -0.2) is 62.8 Å². The van der Waals surface area contributed by atoms with Crippen molar-refractivity contribution in [1.29, 1.82) is 0 Å². The number of hydrogen-bond donors (Lipinski definition) is 0. The summed E-state index contributed by atoms with van der Waals surface area (Å²) in [5.41, 5.74) is -0.931. The zero-order chi connectivity index (χ0) is 20.9. The van der Waals surface area contributed by atoms with E-state index in [1.54, 1.807) is 7.11 Å². The first-order valence-electron chi connectivity index (χ1n) is 11.6. The van der Waals surface area contributed by atoms with Gasteiger partial charge in [0, 0.05) is 31.8 Å². The topological polar surface area (TPSA) is 75.8 Å². The molecule has 5 saturated heterocycles. The highest BCUT2D eigenvalue weighted by molar-refractivity contribution is 5.66. The Bertz CT molecular complexity index is 725. The van der Waals surface area contributed by atoms with Crippen molar-refractivity contribution in [3.63, 3.8) is 0 Å². The minimum atomic E-state index is -0.509. The second kappa shape index (κ2) is 6.41. The smallest absolute Gasteiger partial charge is 0.302 e. The van der Waals surface area contributed by atoms with E-state index in [9.17, 15) is 4.79 Å². The molecule has 0 amide bonds. The number of esters is 1. The van der Waals surface area contributed by atoms with E-state index in [0.29, 0.717) is 18.4 Å². The summed E-state index contributed by atoms with van der Waals surface area (Å²) in [6, 6.07) is 0. The van der Waals surface area contributed by atoms with Crippen LogP contribution in [0.25, 0.3) is 0 Å². The molecule has 0 aromatic carbocycles. The lowest BCUT2D eigenvalue weighted by molar-refractivity contribution is -0.380. The lowest BCUT2D eigenvalue weighted by atomic mass is 9.40.